The lowest BCUT2D eigenvalue weighted by Gasteiger charge is -2.22. The molecule has 2 aromatic heterocycles. The van der Waals surface area contributed by atoms with Crippen molar-refractivity contribution in [2.45, 2.75) is 46.6 Å². The Hall–Kier alpha value is -2.26. The molecule has 1 amide bonds. The lowest BCUT2D eigenvalue weighted by molar-refractivity contribution is -0.131. The number of nitrogens with zero attached hydrogens (tertiary/aromatic N) is 5. The predicted octanol–water partition coefficient (Wildman–Crippen LogP) is 2.17. The second-order valence-corrected chi connectivity index (χ2v) is 8.19. The van der Waals surface area contributed by atoms with Gasteiger partial charge in [-0.1, -0.05) is 0 Å². The zero-order valence-electron chi connectivity index (χ0n) is 17.7. The van der Waals surface area contributed by atoms with Crippen LogP contribution in [0.15, 0.2) is 5.51 Å². The van der Waals surface area contributed by atoms with Gasteiger partial charge in [0.15, 0.2) is 0 Å². The molecule has 0 saturated carbocycles. The van der Waals surface area contributed by atoms with Gasteiger partial charge in [-0.25, -0.2) is 4.98 Å². The maximum absolute atomic E-state index is 12.7. The third-order valence-corrected chi connectivity index (χ3v) is 6.32. The van der Waals surface area contributed by atoms with Crippen molar-refractivity contribution in [3.05, 3.63) is 33.0 Å². The van der Waals surface area contributed by atoms with Gasteiger partial charge in [-0.3, -0.25) is 19.2 Å². The second-order valence-electron chi connectivity index (χ2n) is 7.25. The van der Waals surface area contributed by atoms with Crippen LogP contribution in [-0.2, 0) is 29.6 Å². The molecule has 0 atom stereocenters. The molecular weight excluding hydrogens is 390 g/mol. The molecule has 8 nitrogen and oxygen atoms in total. The summed E-state index contributed by atoms with van der Waals surface area (Å²) in [5.74, 6) is 0.267. The lowest BCUT2D eigenvalue weighted by Crippen LogP contribution is -2.35. The Bertz CT molecular complexity index is 817. The number of hydrogen-bond donors (Lipinski definition) is 1. The molecular formula is C20H31N5O3S. The van der Waals surface area contributed by atoms with Crippen LogP contribution in [0.4, 0.5) is 0 Å². The Kier molecular flexibility index (Phi) is 8.78. The molecule has 0 radical (unpaired) electrons. The van der Waals surface area contributed by atoms with E-state index in [0.29, 0.717) is 6.42 Å². The number of carbonyl (C=O) groups is 2. The summed E-state index contributed by atoms with van der Waals surface area (Å²) in [7, 11) is 1.96. The van der Waals surface area contributed by atoms with Crippen molar-refractivity contribution in [3.8, 4) is 0 Å². The van der Waals surface area contributed by atoms with Crippen molar-refractivity contribution in [1.29, 1.82) is 0 Å². The van der Waals surface area contributed by atoms with E-state index in [1.54, 1.807) is 11.3 Å². The number of amides is 1. The number of carbonyl (C=O) groups excluding carboxylic acids is 1. The Morgan fingerprint density at radius 1 is 1.21 bits per heavy atom. The van der Waals surface area contributed by atoms with Crippen molar-refractivity contribution in [2.75, 3.05) is 26.2 Å². The predicted molar refractivity (Wildman–Crippen MR) is 113 cm³/mol. The molecule has 1 fully saturated rings. The molecule has 0 aromatic carbocycles. The number of hydrogen-bond acceptors (Lipinski definition) is 6. The van der Waals surface area contributed by atoms with Crippen molar-refractivity contribution < 1.29 is 14.7 Å². The van der Waals surface area contributed by atoms with Gasteiger partial charge in [-0.2, -0.15) is 5.10 Å². The van der Waals surface area contributed by atoms with Crippen molar-refractivity contribution in [2.24, 2.45) is 7.05 Å². The molecule has 0 aliphatic carbocycles. The zero-order chi connectivity index (χ0) is 21.4. The highest BCUT2D eigenvalue weighted by Gasteiger charge is 2.20. The fraction of sp³-hybridized carbons (Fsp3) is 0.600. The number of aromatic nitrogens is 3. The van der Waals surface area contributed by atoms with E-state index in [2.05, 4.69) is 28.8 Å². The van der Waals surface area contributed by atoms with E-state index in [4.69, 9.17) is 9.90 Å². The highest BCUT2D eigenvalue weighted by Crippen LogP contribution is 2.18. The van der Waals surface area contributed by atoms with E-state index in [0.717, 1.165) is 62.6 Å². The minimum atomic E-state index is -0.250. The number of carboxylic acid groups (broad SMARTS) is 1. The molecule has 160 valence electrons. The van der Waals surface area contributed by atoms with E-state index in [1.165, 1.54) is 10.4 Å². The number of thiazole rings is 1. The van der Waals surface area contributed by atoms with E-state index in [1.807, 2.05) is 29.1 Å². The van der Waals surface area contributed by atoms with Crippen LogP contribution in [0, 0.1) is 20.8 Å². The summed E-state index contributed by atoms with van der Waals surface area (Å²) < 4.78 is 1.90. The second kappa shape index (κ2) is 11.1. The van der Waals surface area contributed by atoms with E-state index >= 15 is 0 Å². The standard InChI is InChI=1S/C19H29N5OS.CH2O2/c1-14-17(16(3)22(4)21-14)6-7-19(25)24-9-5-8-23(10-11-24)12-18-15(2)20-13-26-18;2-1-3/h13H,5-12H2,1-4H3;1H,(H,2,3). The smallest absolute Gasteiger partial charge is 0.290 e. The summed E-state index contributed by atoms with van der Waals surface area (Å²) in [5.41, 5.74) is 6.48. The molecule has 3 rings (SSSR count). The third-order valence-electron chi connectivity index (χ3n) is 5.40. The molecule has 29 heavy (non-hydrogen) atoms. The van der Waals surface area contributed by atoms with Gasteiger partial charge >= 0.3 is 0 Å². The van der Waals surface area contributed by atoms with Gasteiger partial charge in [-0.05, 0) is 39.2 Å². The Balaban J connectivity index is 0.000000941. The average Bonchev–Trinajstić information content (AvgIpc) is 3.07. The van der Waals surface area contributed by atoms with Crippen LogP contribution in [-0.4, -0.2) is 68.2 Å². The van der Waals surface area contributed by atoms with Crippen LogP contribution >= 0.6 is 11.3 Å². The first-order chi connectivity index (χ1) is 13.9. The molecule has 0 unspecified atom stereocenters. The maximum Gasteiger partial charge on any atom is 0.290 e. The van der Waals surface area contributed by atoms with Crippen LogP contribution in [0.25, 0.3) is 0 Å². The Morgan fingerprint density at radius 2 is 1.93 bits per heavy atom. The fourth-order valence-electron chi connectivity index (χ4n) is 3.63. The largest absolute Gasteiger partial charge is 0.483 e. The molecule has 2 aromatic rings. The van der Waals surface area contributed by atoms with Crippen LogP contribution in [0.5, 0.6) is 0 Å². The molecule has 3 heterocycles. The van der Waals surface area contributed by atoms with Gasteiger partial charge in [0.05, 0.1) is 16.9 Å². The lowest BCUT2D eigenvalue weighted by atomic mass is 10.1. The molecule has 1 aliphatic heterocycles. The summed E-state index contributed by atoms with van der Waals surface area (Å²) >= 11 is 1.73. The van der Waals surface area contributed by atoms with Gasteiger partial charge in [0, 0.05) is 56.8 Å². The topological polar surface area (TPSA) is 91.6 Å². The van der Waals surface area contributed by atoms with Gasteiger partial charge in [0.2, 0.25) is 5.91 Å². The summed E-state index contributed by atoms with van der Waals surface area (Å²) in [6.45, 7) is 10.5. The maximum atomic E-state index is 12.7. The molecule has 0 bridgehead atoms. The molecule has 1 aliphatic rings. The van der Waals surface area contributed by atoms with E-state index in [-0.39, 0.29) is 12.4 Å². The number of aryl methyl sites for hydroxylation is 3. The molecule has 1 N–H and O–H groups in total. The fourth-order valence-corrected chi connectivity index (χ4v) is 4.45. The highest BCUT2D eigenvalue weighted by molar-refractivity contribution is 7.09. The molecule has 9 heteroatoms. The van der Waals surface area contributed by atoms with Crippen LogP contribution < -0.4 is 0 Å². The molecule has 0 spiro atoms. The van der Waals surface area contributed by atoms with Gasteiger partial charge < -0.3 is 10.0 Å². The normalized spacial score (nSPS) is 14.8. The van der Waals surface area contributed by atoms with Crippen LogP contribution in [0.2, 0.25) is 0 Å². The summed E-state index contributed by atoms with van der Waals surface area (Å²) in [6.07, 6.45) is 2.39. The molecule has 1 saturated heterocycles. The first-order valence-electron chi connectivity index (χ1n) is 9.83. The van der Waals surface area contributed by atoms with Crippen molar-refractivity contribution >= 4 is 23.7 Å². The average molecular weight is 422 g/mol. The Labute approximate surface area is 176 Å². The van der Waals surface area contributed by atoms with Crippen molar-refractivity contribution in [3.63, 3.8) is 0 Å². The van der Waals surface area contributed by atoms with Crippen molar-refractivity contribution in [1.82, 2.24) is 24.6 Å². The minimum absolute atomic E-state index is 0.250. The summed E-state index contributed by atoms with van der Waals surface area (Å²) in [6, 6.07) is 0. The Morgan fingerprint density at radius 3 is 2.52 bits per heavy atom. The van der Waals surface area contributed by atoms with Gasteiger partial charge in [0.1, 0.15) is 0 Å². The quantitative estimate of drug-likeness (QED) is 0.744. The highest BCUT2D eigenvalue weighted by atomic mass is 32.1. The summed E-state index contributed by atoms with van der Waals surface area (Å²) in [5, 5.41) is 11.3. The number of rotatable bonds is 5. The minimum Gasteiger partial charge on any atom is -0.483 e. The van der Waals surface area contributed by atoms with Gasteiger partial charge in [-0.15, -0.1) is 11.3 Å². The third kappa shape index (κ3) is 6.37. The monoisotopic (exact) mass is 421 g/mol. The summed E-state index contributed by atoms with van der Waals surface area (Å²) in [4.78, 5) is 31.2. The van der Waals surface area contributed by atoms with E-state index in [9.17, 15) is 4.79 Å². The first kappa shape index (κ1) is 23.0. The SMILES string of the molecule is Cc1ncsc1CN1CCCN(C(=O)CCc2c(C)nn(C)c2C)CC1.O=CO. The van der Waals surface area contributed by atoms with E-state index < -0.39 is 0 Å². The van der Waals surface area contributed by atoms with Crippen LogP contribution in [0.3, 0.4) is 0 Å². The first-order valence-corrected chi connectivity index (χ1v) is 10.7. The van der Waals surface area contributed by atoms with Crippen LogP contribution in [0.1, 0.15) is 40.4 Å². The zero-order valence-corrected chi connectivity index (χ0v) is 18.5. The van der Waals surface area contributed by atoms with Gasteiger partial charge in [0.25, 0.3) is 6.47 Å².